The molecule has 1 aliphatic heterocycles. The number of nitrogens with zero attached hydrogens (tertiary/aromatic N) is 4. The number of hydrogen-bond acceptors (Lipinski definition) is 5. The van der Waals surface area contributed by atoms with Gasteiger partial charge in [0.25, 0.3) is 0 Å². The van der Waals surface area contributed by atoms with Crippen molar-refractivity contribution in [3.05, 3.63) is 5.82 Å². The molecule has 0 bridgehead atoms. The van der Waals surface area contributed by atoms with Gasteiger partial charge in [0.1, 0.15) is 0 Å². The number of hydrogen-bond donors (Lipinski definition) is 1. The molecule has 1 N–H and O–H groups in total. The highest BCUT2D eigenvalue weighted by Crippen LogP contribution is 2.24. The minimum absolute atomic E-state index is 0.279. The van der Waals surface area contributed by atoms with E-state index in [2.05, 4.69) is 15.5 Å². The molecule has 2 heterocycles. The van der Waals surface area contributed by atoms with E-state index < -0.39 is 11.4 Å². The van der Waals surface area contributed by atoms with Crippen molar-refractivity contribution in [3.8, 4) is 0 Å². The highest BCUT2D eigenvalue weighted by atomic mass is 16.5. The number of carboxylic acids is 1. The first-order valence-electron chi connectivity index (χ1n) is 7.65. The molecule has 2 rings (SSSR count). The van der Waals surface area contributed by atoms with Crippen LogP contribution in [0.5, 0.6) is 0 Å². The zero-order chi connectivity index (χ0) is 15.3. The molecule has 118 valence electrons. The summed E-state index contributed by atoms with van der Waals surface area (Å²) >= 11 is 0. The number of rotatable bonds is 7. The van der Waals surface area contributed by atoms with Gasteiger partial charge in [0.15, 0.2) is 5.82 Å². The largest absolute Gasteiger partial charge is 0.481 e. The minimum Gasteiger partial charge on any atom is -0.481 e. The molecule has 7 heteroatoms. The summed E-state index contributed by atoms with van der Waals surface area (Å²) in [6.45, 7) is 4.73. The van der Waals surface area contributed by atoms with Crippen molar-refractivity contribution in [2.45, 2.75) is 65.0 Å². The lowest BCUT2D eigenvalue weighted by atomic mass is 9.88. The Hall–Kier alpha value is -1.50. The zero-order valence-corrected chi connectivity index (χ0v) is 12.8. The van der Waals surface area contributed by atoms with Crippen LogP contribution < -0.4 is 0 Å². The van der Waals surface area contributed by atoms with Crippen molar-refractivity contribution in [2.24, 2.45) is 5.41 Å². The molecule has 0 saturated carbocycles. The molecule has 1 aromatic rings. The summed E-state index contributed by atoms with van der Waals surface area (Å²) in [5.41, 5.74) is -0.842. The smallest absolute Gasteiger partial charge is 0.311 e. The highest BCUT2D eigenvalue weighted by Gasteiger charge is 2.33. The lowest BCUT2D eigenvalue weighted by Crippen LogP contribution is -2.33. The summed E-state index contributed by atoms with van der Waals surface area (Å²) in [5, 5.41) is 21.0. The Balaban J connectivity index is 1.96. The van der Waals surface area contributed by atoms with Gasteiger partial charge >= 0.3 is 5.97 Å². The third kappa shape index (κ3) is 4.00. The molecule has 2 atom stereocenters. The Bertz CT molecular complexity index is 471. The molecule has 1 aliphatic rings. The fraction of sp³-hybridized carbons (Fsp3) is 0.857. The second-order valence-corrected chi connectivity index (χ2v) is 6.00. The average Bonchev–Trinajstić information content (AvgIpc) is 2.93. The molecule has 2 unspecified atom stereocenters. The van der Waals surface area contributed by atoms with E-state index in [0.717, 1.165) is 38.1 Å². The maximum atomic E-state index is 11.4. The zero-order valence-electron chi connectivity index (χ0n) is 12.8. The Kier molecular flexibility index (Phi) is 5.27. The van der Waals surface area contributed by atoms with Crippen LogP contribution in [0.1, 0.15) is 51.8 Å². The van der Waals surface area contributed by atoms with Crippen LogP contribution in [-0.4, -0.2) is 44.0 Å². The fourth-order valence-corrected chi connectivity index (χ4v) is 2.51. The number of aryl methyl sites for hydroxylation is 1. The van der Waals surface area contributed by atoms with E-state index in [1.54, 1.807) is 11.6 Å². The molecule has 7 nitrogen and oxygen atoms in total. The third-order valence-corrected chi connectivity index (χ3v) is 4.37. The van der Waals surface area contributed by atoms with E-state index in [0.29, 0.717) is 13.0 Å². The van der Waals surface area contributed by atoms with Gasteiger partial charge in [-0.2, -0.15) is 0 Å². The third-order valence-electron chi connectivity index (χ3n) is 4.37. The average molecular weight is 296 g/mol. The Morgan fingerprint density at radius 3 is 2.95 bits per heavy atom. The number of carboxylic acid groups (broad SMARTS) is 1. The number of aromatic nitrogens is 4. The highest BCUT2D eigenvalue weighted by molar-refractivity contribution is 5.73. The van der Waals surface area contributed by atoms with Crippen LogP contribution >= 0.6 is 0 Å². The van der Waals surface area contributed by atoms with Crippen LogP contribution in [-0.2, 0) is 22.5 Å². The van der Waals surface area contributed by atoms with Gasteiger partial charge in [-0.1, -0.05) is 6.92 Å². The van der Waals surface area contributed by atoms with E-state index in [4.69, 9.17) is 4.74 Å². The van der Waals surface area contributed by atoms with Crippen LogP contribution in [0.15, 0.2) is 0 Å². The van der Waals surface area contributed by atoms with E-state index in [1.807, 2.05) is 6.92 Å². The van der Waals surface area contributed by atoms with Crippen LogP contribution in [0.4, 0.5) is 0 Å². The molecule has 21 heavy (non-hydrogen) atoms. The van der Waals surface area contributed by atoms with E-state index in [9.17, 15) is 9.90 Å². The van der Waals surface area contributed by atoms with E-state index >= 15 is 0 Å². The maximum absolute atomic E-state index is 11.4. The van der Waals surface area contributed by atoms with Crippen molar-refractivity contribution in [2.75, 3.05) is 6.61 Å². The number of ether oxygens (including phenoxy) is 1. The van der Waals surface area contributed by atoms with Crippen molar-refractivity contribution in [1.82, 2.24) is 20.2 Å². The van der Waals surface area contributed by atoms with Crippen LogP contribution in [0.2, 0.25) is 0 Å². The first-order valence-corrected chi connectivity index (χ1v) is 7.65. The number of tetrazole rings is 1. The standard InChI is InChI=1S/C14H24N4O3/c1-3-14(2,13(19)20)10-18-12(15-16-17-18)8-7-11-6-4-5-9-21-11/h11H,3-10H2,1-2H3,(H,19,20). The van der Waals surface area contributed by atoms with Crippen molar-refractivity contribution < 1.29 is 14.6 Å². The van der Waals surface area contributed by atoms with E-state index in [-0.39, 0.29) is 6.10 Å². The molecule has 1 aromatic heterocycles. The summed E-state index contributed by atoms with van der Waals surface area (Å²) in [6, 6.07) is 0. The van der Waals surface area contributed by atoms with Crippen LogP contribution in [0.25, 0.3) is 0 Å². The summed E-state index contributed by atoms with van der Waals surface area (Å²) in [4.78, 5) is 11.4. The SMILES string of the molecule is CCC(C)(Cn1nnnc1CCC1CCCCO1)C(=O)O. The predicted octanol–water partition coefficient (Wildman–Crippen LogP) is 1.68. The predicted molar refractivity (Wildman–Crippen MR) is 75.8 cm³/mol. The van der Waals surface area contributed by atoms with Crippen molar-refractivity contribution in [3.63, 3.8) is 0 Å². The van der Waals surface area contributed by atoms with Gasteiger partial charge in [-0.15, -0.1) is 5.10 Å². The maximum Gasteiger partial charge on any atom is 0.311 e. The number of aliphatic carboxylic acids is 1. The Labute approximate surface area is 124 Å². The molecule has 0 radical (unpaired) electrons. The van der Waals surface area contributed by atoms with Gasteiger partial charge in [-0.05, 0) is 49.5 Å². The summed E-state index contributed by atoms with van der Waals surface area (Å²) in [7, 11) is 0. The second kappa shape index (κ2) is 6.98. The molecule has 0 amide bonds. The molecular weight excluding hydrogens is 272 g/mol. The Morgan fingerprint density at radius 1 is 1.52 bits per heavy atom. The summed E-state index contributed by atoms with van der Waals surface area (Å²) in [5.74, 6) is -0.0767. The van der Waals surface area contributed by atoms with Gasteiger partial charge in [0.2, 0.25) is 0 Å². The van der Waals surface area contributed by atoms with Crippen LogP contribution in [0.3, 0.4) is 0 Å². The minimum atomic E-state index is -0.842. The van der Waals surface area contributed by atoms with Gasteiger partial charge in [-0.3, -0.25) is 4.79 Å². The van der Waals surface area contributed by atoms with Crippen molar-refractivity contribution >= 4 is 5.97 Å². The monoisotopic (exact) mass is 296 g/mol. The normalized spacial score (nSPS) is 21.9. The summed E-state index contributed by atoms with van der Waals surface area (Å²) < 4.78 is 7.33. The molecule has 1 saturated heterocycles. The van der Waals surface area contributed by atoms with E-state index in [1.165, 1.54) is 6.42 Å². The number of carbonyl (C=O) groups is 1. The topological polar surface area (TPSA) is 90.1 Å². The first-order chi connectivity index (χ1) is 10.0. The Morgan fingerprint density at radius 2 is 2.33 bits per heavy atom. The van der Waals surface area contributed by atoms with Gasteiger partial charge in [-0.25, -0.2) is 4.68 Å². The molecule has 0 spiro atoms. The lowest BCUT2D eigenvalue weighted by Gasteiger charge is -2.24. The fourth-order valence-electron chi connectivity index (χ4n) is 2.51. The second-order valence-electron chi connectivity index (χ2n) is 6.00. The molecule has 0 aliphatic carbocycles. The van der Waals surface area contributed by atoms with Gasteiger partial charge in [0, 0.05) is 13.0 Å². The van der Waals surface area contributed by atoms with Gasteiger partial charge in [0.05, 0.1) is 18.1 Å². The quantitative estimate of drug-likeness (QED) is 0.823. The molecule has 1 fully saturated rings. The van der Waals surface area contributed by atoms with Crippen LogP contribution in [0, 0.1) is 5.41 Å². The lowest BCUT2D eigenvalue weighted by molar-refractivity contribution is -0.149. The molecule has 0 aromatic carbocycles. The summed E-state index contributed by atoms with van der Waals surface area (Å²) in [6.07, 6.45) is 5.86. The van der Waals surface area contributed by atoms with Crippen molar-refractivity contribution in [1.29, 1.82) is 0 Å². The van der Waals surface area contributed by atoms with Gasteiger partial charge < -0.3 is 9.84 Å². The molecular formula is C14H24N4O3. The first kappa shape index (κ1) is 15.9.